The average molecular weight is 366 g/mol. The van der Waals surface area contributed by atoms with Gasteiger partial charge in [-0.2, -0.15) is 0 Å². The van der Waals surface area contributed by atoms with Gasteiger partial charge in [-0.25, -0.2) is 12.8 Å². The molecule has 2 rings (SSSR count). The topological polar surface area (TPSA) is 69.7 Å². The summed E-state index contributed by atoms with van der Waals surface area (Å²) < 4.78 is 47.4. The van der Waals surface area contributed by atoms with Crippen molar-refractivity contribution in [2.24, 2.45) is 0 Å². The fourth-order valence-electron chi connectivity index (χ4n) is 2.23. The minimum Gasteiger partial charge on any atom is -0.496 e. The second-order valence-corrected chi connectivity index (χ2v) is 7.61. The molecule has 0 fully saturated rings. The van der Waals surface area contributed by atoms with Crippen LogP contribution in [-0.4, -0.2) is 27.2 Å². The summed E-state index contributed by atoms with van der Waals surface area (Å²) in [6.07, 6.45) is -0.284. The molecule has 0 heterocycles. The zero-order chi connectivity index (χ0) is 18.4. The van der Waals surface area contributed by atoms with Crippen molar-refractivity contribution in [2.75, 3.05) is 12.9 Å². The molecule has 0 radical (unpaired) electrons. The van der Waals surface area contributed by atoms with E-state index in [-0.39, 0.29) is 17.9 Å². The van der Waals surface area contributed by atoms with Gasteiger partial charge in [0, 0.05) is 5.56 Å². The Balaban J connectivity index is 1.92. The molecule has 0 saturated heterocycles. The molecular formula is C18H19FO5S. The summed E-state index contributed by atoms with van der Waals surface area (Å²) in [6, 6.07) is 9.96. The van der Waals surface area contributed by atoms with E-state index >= 15 is 0 Å². The van der Waals surface area contributed by atoms with Crippen molar-refractivity contribution in [3.05, 3.63) is 59.4 Å². The summed E-state index contributed by atoms with van der Waals surface area (Å²) in [5.74, 6) is -0.959. The van der Waals surface area contributed by atoms with Crippen molar-refractivity contribution in [1.82, 2.24) is 0 Å². The Bertz CT molecular complexity index is 844. The fourth-order valence-corrected chi connectivity index (χ4v) is 3.45. The molecule has 25 heavy (non-hydrogen) atoms. The lowest BCUT2D eigenvalue weighted by molar-refractivity contribution is -0.144. The van der Waals surface area contributed by atoms with Gasteiger partial charge in [0.25, 0.3) is 0 Å². The number of rotatable bonds is 7. The lowest BCUT2D eigenvalue weighted by atomic mass is 10.1. The highest BCUT2D eigenvalue weighted by Gasteiger charge is 2.17. The van der Waals surface area contributed by atoms with Gasteiger partial charge in [0.15, 0.2) is 9.84 Å². The first-order valence-electron chi connectivity index (χ1n) is 7.59. The Hall–Kier alpha value is -2.41. The molecule has 0 amide bonds. The third-order valence-corrected chi connectivity index (χ3v) is 5.30. The molecular weight excluding hydrogens is 347 g/mol. The molecule has 0 aliphatic carbocycles. The van der Waals surface area contributed by atoms with Gasteiger partial charge in [-0.3, -0.25) is 4.79 Å². The standard InChI is InChI=1S/C18H19FO5S/c1-13-3-8-17(23-2)14(11-13)12-24-18(20)9-10-25(21,22)16-6-4-15(19)5-7-16/h3-8,11H,9-10,12H2,1-2H3. The summed E-state index contributed by atoms with van der Waals surface area (Å²) in [7, 11) is -2.15. The number of esters is 1. The minimum atomic E-state index is -3.67. The summed E-state index contributed by atoms with van der Waals surface area (Å²) in [5.41, 5.74) is 1.70. The highest BCUT2D eigenvalue weighted by Crippen LogP contribution is 2.21. The highest BCUT2D eigenvalue weighted by atomic mass is 32.2. The predicted octanol–water partition coefficient (Wildman–Crippen LogP) is 3.05. The second-order valence-electron chi connectivity index (χ2n) is 5.50. The molecule has 0 N–H and O–H groups in total. The van der Waals surface area contributed by atoms with Gasteiger partial charge < -0.3 is 9.47 Å². The van der Waals surface area contributed by atoms with Crippen LogP contribution in [0.1, 0.15) is 17.5 Å². The van der Waals surface area contributed by atoms with Crippen LogP contribution in [-0.2, 0) is 26.0 Å². The van der Waals surface area contributed by atoms with Gasteiger partial charge in [0.05, 0.1) is 24.2 Å². The van der Waals surface area contributed by atoms with Crippen LogP contribution < -0.4 is 4.74 Å². The van der Waals surface area contributed by atoms with Gasteiger partial charge in [-0.05, 0) is 43.3 Å². The molecule has 0 saturated carbocycles. The molecule has 0 unspecified atom stereocenters. The number of ether oxygens (including phenoxy) is 2. The van der Waals surface area contributed by atoms with Crippen LogP contribution in [0.4, 0.5) is 4.39 Å². The number of halogens is 1. The van der Waals surface area contributed by atoms with E-state index in [1.54, 1.807) is 6.07 Å². The monoisotopic (exact) mass is 366 g/mol. The number of carbonyl (C=O) groups excluding carboxylic acids is 1. The molecule has 7 heteroatoms. The van der Waals surface area contributed by atoms with Crippen LogP contribution >= 0.6 is 0 Å². The quantitative estimate of drug-likeness (QED) is 0.556. The number of hydrogen-bond acceptors (Lipinski definition) is 5. The predicted molar refractivity (Wildman–Crippen MR) is 90.6 cm³/mol. The molecule has 5 nitrogen and oxygen atoms in total. The second kappa shape index (κ2) is 8.11. The maximum Gasteiger partial charge on any atom is 0.307 e. The van der Waals surface area contributed by atoms with Crippen molar-refractivity contribution >= 4 is 15.8 Å². The molecule has 0 aromatic heterocycles. The maximum atomic E-state index is 12.9. The molecule has 0 bridgehead atoms. The SMILES string of the molecule is COc1ccc(C)cc1COC(=O)CCS(=O)(=O)c1ccc(F)cc1. The zero-order valence-electron chi connectivity index (χ0n) is 14.0. The van der Waals surface area contributed by atoms with Crippen LogP contribution in [0.25, 0.3) is 0 Å². The molecule has 0 aliphatic rings. The third-order valence-electron chi connectivity index (χ3n) is 3.57. The van der Waals surface area contributed by atoms with Gasteiger partial charge in [0.2, 0.25) is 0 Å². The first kappa shape index (κ1) is 18.9. The van der Waals surface area contributed by atoms with Crippen molar-refractivity contribution in [2.45, 2.75) is 24.8 Å². The van der Waals surface area contributed by atoms with E-state index in [9.17, 15) is 17.6 Å². The van der Waals surface area contributed by atoms with Gasteiger partial charge in [0.1, 0.15) is 18.2 Å². The van der Waals surface area contributed by atoms with Crippen LogP contribution in [0, 0.1) is 12.7 Å². The zero-order valence-corrected chi connectivity index (χ0v) is 14.8. The van der Waals surface area contributed by atoms with E-state index in [2.05, 4.69) is 0 Å². The number of aryl methyl sites for hydroxylation is 1. The molecule has 134 valence electrons. The van der Waals surface area contributed by atoms with E-state index in [0.717, 1.165) is 17.7 Å². The largest absolute Gasteiger partial charge is 0.496 e. The number of methoxy groups -OCH3 is 1. The van der Waals surface area contributed by atoms with E-state index in [1.807, 2.05) is 19.1 Å². The lowest BCUT2D eigenvalue weighted by Crippen LogP contribution is -2.14. The van der Waals surface area contributed by atoms with Crippen molar-refractivity contribution in [1.29, 1.82) is 0 Å². The lowest BCUT2D eigenvalue weighted by Gasteiger charge is -2.10. The van der Waals surface area contributed by atoms with Gasteiger partial charge >= 0.3 is 5.97 Å². The number of benzene rings is 2. The summed E-state index contributed by atoms with van der Waals surface area (Å²) >= 11 is 0. The Morgan fingerprint density at radius 2 is 1.80 bits per heavy atom. The highest BCUT2D eigenvalue weighted by molar-refractivity contribution is 7.91. The third kappa shape index (κ3) is 5.29. The molecule has 0 spiro atoms. The van der Waals surface area contributed by atoms with E-state index in [0.29, 0.717) is 11.3 Å². The smallest absolute Gasteiger partial charge is 0.307 e. The van der Waals surface area contributed by atoms with Crippen molar-refractivity contribution in [3.63, 3.8) is 0 Å². The summed E-state index contributed by atoms with van der Waals surface area (Å²) in [5, 5.41) is 0. The number of sulfone groups is 1. The minimum absolute atomic E-state index is 0.000280. The van der Waals surface area contributed by atoms with Crippen LogP contribution in [0.2, 0.25) is 0 Å². The van der Waals surface area contributed by atoms with Gasteiger partial charge in [-0.15, -0.1) is 0 Å². The Morgan fingerprint density at radius 1 is 1.12 bits per heavy atom. The Labute approximate surface area is 146 Å². The van der Waals surface area contributed by atoms with E-state index < -0.39 is 27.4 Å². The molecule has 0 aliphatic heterocycles. The van der Waals surface area contributed by atoms with Crippen molar-refractivity contribution < 1.29 is 27.1 Å². The van der Waals surface area contributed by atoms with E-state index in [4.69, 9.17) is 9.47 Å². The van der Waals surface area contributed by atoms with E-state index in [1.165, 1.54) is 19.2 Å². The van der Waals surface area contributed by atoms with Crippen LogP contribution in [0.3, 0.4) is 0 Å². The van der Waals surface area contributed by atoms with Crippen LogP contribution in [0.5, 0.6) is 5.75 Å². The summed E-state index contributed by atoms with van der Waals surface area (Å²) in [6.45, 7) is 1.90. The molecule has 2 aromatic rings. The van der Waals surface area contributed by atoms with Crippen LogP contribution in [0.15, 0.2) is 47.4 Å². The Morgan fingerprint density at radius 3 is 2.44 bits per heavy atom. The Kier molecular flexibility index (Phi) is 6.14. The van der Waals surface area contributed by atoms with Gasteiger partial charge in [-0.1, -0.05) is 11.6 Å². The number of carbonyl (C=O) groups is 1. The maximum absolute atomic E-state index is 12.9. The summed E-state index contributed by atoms with van der Waals surface area (Å²) in [4.78, 5) is 11.8. The normalized spacial score (nSPS) is 11.2. The molecule has 2 aromatic carbocycles. The molecule has 0 atom stereocenters. The van der Waals surface area contributed by atoms with Crippen molar-refractivity contribution in [3.8, 4) is 5.75 Å². The first-order valence-corrected chi connectivity index (χ1v) is 9.24. The number of hydrogen-bond donors (Lipinski definition) is 0. The fraction of sp³-hybridized carbons (Fsp3) is 0.278. The first-order chi connectivity index (χ1) is 11.8. The average Bonchev–Trinajstić information content (AvgIpc) is 2.59.